The van der Waals surface area contributed by atoms with Crippen LogP contribution in [-0.2, 0) is 40.4 Å². The predicted octanol–water partition coefficient (Wildman–Crippen LogP) is 6.52. The molecule has 3 aromatic carbocycles. The van der Waals surface area contributed by atoms with Crippen LogP contribution >= 0.6 is 0 Å². The van der Waals surface area contributed by atoms with E-state index in [2.05, 4.69) is 10.9 Å². The molecule has 9 rings (SSSR count). The maximum absolute atomic E-state index is 14.8. The summed E-state index contributed by atoms with van der Waals surface area (Å²) in [5.41, 5.74) is 4.74. The van der Waals surface area contributed by atoms with Crippen LogP contribution in [0.1, 0.15) is 83.7 Å². The Balaban J connectivity index is 1.16. The number of ketones is 1. The molecule has 4 fully saturated rings. The maximum atomic E-state index is 14.8. The molecular formula is C42H46N3O4+. The van der Waals surface area contributed by atoms with E-state index < -0.39 is 17.9 Å². The van der Waals surface area contributed by atoms with Crippen LogP contribution < -0.4 is 4.57 Å². The van der Waals surface area contributed by atoms with E-state index in [0.717, 1.165) is 53.2 Å². The molecule has 49 heavy (non-hydrogen) atoms. The van der Waals surface area contributed by atoms with Gasteiger partial charge in [-0.05, 0) is 79.2 Å². The van der Waals surface area contributed by atoms with Crippen molar-refractivity contribution in [3.8, 4) is 0 Å². The molecule has 4 saturated carbocycles. The molecule has 5 aliphatic rings. The second-order valence-corrected chi connectivity index (χ2v) is 15.3. The lowest BCUT2D eigenvalue weighted by Gasteiger charge is -2.56. The number of aromatic nitrogens is 2. The minimum atomic E-state index is -0.772. The van der Waals surface area contributed by atoms with Gasteiger partial charge < -0.3 is 9.64 Å². The van der Waals surface area contributed by atoms with Crippen molar-refractivity contribution < 1.29 is 23.7 Å². The fraction of sp³-hybridized carbons (Fsp3) is 0.429. The number of aryl methyl sites for hydroxylation is 1. The van der Waals surface area contributed by atoms with E-state index in [-0.39, 0.29) is 24.8 Å². The van der Waals surface area contributed by atoms with Crippen molar-refractivity contribution >= 4 is 17.7 Å². The predicted molar refractivity (Wildman–Crippen MR) is 185 cm³/mol. The molecule has 252 valence electrons. The molecule has 4 aliphatic carbocycles. The van der Waals surface area contributed by atoms with Crippen molar-refractivity contribution in [3.05, 3.63) is 125 Å². The number of rotatable bonds is 10. The maximum Gasteiger partial charge on any atom is 0.329 e. The molecule has 1 atom stereocenters. The van der Waals surface area contributed by atoms with Gasteiger partial charge in [0.2, 0.25) is 18.0 Å². The van der Waals surface area contributed by atoms with Crippen LogP contribution in [0.3, 0.4) is 0 Å². The highest BCUT2D eigenvalue weighted by Crippen LogP contribution is 2.61. The van der Waals surface area contributed by atoms with Crippen molar-refractivity contribution in [1.82, 2.24) is 9.47 Å². The summed E-state index contributed by atoms with van der Waals surface area (Å²) in [6.07, 6.45) is 11.8. The SMILES string of the molecule is COC(=O)[C@@H]1Cc2c(n(CC(=O)c3ccccc3)c[n+]2CCC23CC4CC(CC(C4)C2)C3)CN1C(=O)C(c1ccccc1)c1ccccc1. The number of esters is 1. The highest BCUT2D eigenvalue weighted by molar-refractivity contribution is 5.96. The highest BCUT2D eigenvalue weighted by Gasteiger charge is 2.51. The van der Waals surface area contributed by atoms with E-state index in [1.807, 2.05) is 95.6 Å². The number of Topliss-reactive ketones (excluding diaryl/α,β-unsaturated/α-hetero) is 1. The average molecular weight is 657 g/mol. The Morgan fingerprint density at radius 3 is 1.92 bits per heavy atom. The summed E-state index contributed by atoms with van der Waals surface area (Å²) in [6.45, 7) is 1.23. The second-order valence-electron chi connectivity index (χ2n) is 15.3. The normalized spacial score (nSPS) is 25.3. The summed E-state index contributed by atoms with van der Waals surface area (Å²) in [5.74, 6) is 1.50. The molecular weight excluding hydrogens is 610 g/mol. The summed E-state index contributed by atoms with van der Waals surface area (Å²) in [6, 6.07) is 28.2. The smallest absolute Gasteiger partial charge is 0.329 e. The first-order valence-corrected chi connectivity index (χ1v) is 18.1. The van der Waals surface area contributed by atoms with Crippen LogP contribution in [0, 0.1) is 23.2 Å². The molecule has 0 spiro atoms. The van der Waals surface area contributed by atoms with Gasteiger partial charge in [0.25, 0.3) is 0 Å². The van der Waals surface area contributed by atoms with Crippen LogP contribution in [0.4, 0.5) is 0 Å². The zero-order chi connectivity index (χ0) is 33.5. The van der Waals surface area contributed by atoms with Gasteiger partial charge in [-0.2, -0.15) is 0 Å². The molecule has 0 radical (unpaired) electrons. The van der Waals surface area contributed by atoms with Gasteiger partial charge in [0.15, 0.2) is 17.9 Å². The Bertz CT molecular complexity index is 1760. The molecule has 1 amide bonds. The van der Waals surface area contributed by atoms with E-state index in [1.165, 1.54) is 45.6 Å². The topological polar surface area (TPSA) is 72.5 Å². The minimum Gasteiger partial charge on any atom is -0.467 e. The fourth-order valence-corrected chi connectivity index (χ4v) is 10.3. The highest BCUT2D eigenvalue weighted by atomic mass is 16.5. The fourth-order valence-electron chi connectivity index (χ4n) is 10.3. The van der Waals surface area contributed by atoms with E-state index in [4.69, 9.17) is 4.74 Å². The summed E-state index contributed by atoms with van der Waals surface area (Å²) >= 11 is 0. The second kappa shape index (κ2) is 13.1. The molecule has 1 aromatic heterocycles. The first-order valence-electron chi connectivity index (χ1n) is 18.1. The van der Waals surface area contributed by atoms with Crippen LogP contribution in [0.15, 0.2) is 97.3 Å². The Hall–Kier alpha value is -4.52. The number of carbonyl (C=O) groups is 3. The molecule has 7 heteroatoms. The summed E-state index contributed by atoms with van der Waals surface area (Å²) in [4.78, 5) is 43.7. The standard InChI is InChI=1S/C42H46N3O4/c1-49-41(48)36-22-35-37(26-45(36)40(47)39(33-13-7-3-8-14-33)34-15-9-4-10-16-34)44(27-38(46)32-11-5-2-6-12-32)28-43(35)18-17-42-23-29-19-30(24-42)21-31(20-29)25-42/h2-16,28-31,36,39H,17-27H2,1H3/q+1/t29?,30?,31?,36-,42?/m0/s1. The lowest BCUT2D eigenvalue weighted by molar-refractivity contribution is -0.706. The number of hydrogen-bond donors (Lipinski definition) is 0. The number of carbonyl (C=O) groups excluding carboxylic acids is 3. The first kappa shape index (κ1) is 31.7. The van der Waals surface area contributed by atoms with Crippen LogP contribution in [0.5, 0.6) is 0 Å². The van der Waals surface area contributed by atoms with Gasteiger partial charge in [-0.1, -0.05) is 91.0 Å². The molecule has 2 heterocycles. The minimum absolute atomic E-state index is 0.0195. The number of methoxy groups -OCH3 is 1. The summed E-state index contributed by atoms with van der Waals surface area (Å²) < 4.78 is 9.71. The largest absolute Gasteiger partial charge is 0.467 e. The molecule has 1 aliphatic heterocycles. The number of imidazole rings is 1. The third-order valence-corrected chi connectivity index (χ3v) is 12.1. The average Bonchev–Trinajstić information content (AvgIpc) is 3.46. The molecule has 0 N–H and O–H groups in total. The van der Waals surface area contributed by atoms with Gasteiger partial charge in [0.05, 0.1) is 26.1 Å². The zero-order valence-corrected chi connectivity index (χ0v) is 28.4. The molecule has 4 aromatic rings. The lowest BCUT2D eigenvalue weighted by Crippen LogP contribution is -2.54. The Morgan fingerprint density at radius 2 is 1.37 bits per heavy atom. The number of hydrogen-bond acceptors (Lipinski definition) is 4. The molecule has 0 unspecified atom stereocenters. The first-order chi connectivity index (χ1) is 23.9. The Kier molecular flexibility index (Phi) is 8.46. The Morgan fingerprint density at radius 1 is 0.816 bits per heavy atom. The quantitative estimate of drug-likeness (QED) is 0.111. The third kappa shape index (κ3) is 6.13. The van der Waals surface area contributed by atoms with Gasteiger partial charge in [0.1, 0.15) is 6.04 Å². The van der Waals surface area contributed by atoms with Crippen molar-refractivity contribution in [2.45, 2.75) is 83.0 Å². The number of ether oxygens (including phenoxy) is 1. The van der Waals surface area contributed by atoms with E-state index >= 15 is 0 Å². The molecule has 4 bridgehead atoms. The molecule has 7 nitrogen and oxygen atoms in total. The van der Waals surface area contributed by atoms with Crippen molar-refractivity contribution in [2.75, 3.05) is 7.11 Å². The third-order valence-electron chi connectivity index (χ3n) is 12.1. The van der Waals surface area contributed by atoms with Crippen LogP contribution in [0.25, 0.3) is 0 Å². The summed E-state index contributed by atoms with van der Waals surface area (Å²) in [7, 11) is 1.40. The van der Waals surface area contributed by atoms with Gasteiger partial charge in [0, 0.05) is 12.0 Å². The van der Waals surface area contributed by atoms with Gasteiger partial charge in [-0.3, -0.25) is 9.59 Å². The zero-order valence-electron chi connectivity index (χ0n) is 28.4. The Labute approximate surface area is 288 Å². The van der Waals surface area contributed by atoms with E-state index in [9.17, 15) is 14.4 Å². The number of benzene rings is 3. The van der Waals surface area contributed by atoms with E-state index in [1.54, 1.807) is 4.90 Å². The van der Waals surface area contributed by atoms with Gasteiger partial charge in [-0.25, -0.2) is 13.9 Å². The number of nitrogens with zero attached hydrogens (tertiary/aromatic N) is 3. The summed E-state index contributed by atoms with van der Waals surface area (Å²) in [5, 5.41) is 0. The number of fused-ring (bicyclic) bond motifs is 1. The lowest BCUT2D eigenvalue weighted by atomic mass is 9.49. The van der Waals surface area contributed by atoms with E-state index in [0.29, 0.717) is 17.4 Å². The van der Waals surface area contributed by atoms with Crippen molar-refractivity contribution in [1.29, 1.82) is 0 Å². The molecule has 0 saturated heterocycles. The van der Waals surface area contributed by atoms with Crippen molar-refractivity contribution in [2.24, 2.45) is 23.2 Å². The van der Waals surface area contributed by atoms with Crippen molar-refractivity contribution in [3.63, 3.8) is 0 Å². The van der Waals surface area contributed by atoms with Gasteiger partial charge >= 0.3 is 5.97 Å². The monoisotopic (exact) mass is 656 g/mol. The van der Waals surface area contributed by atoms with Crippen LogP contribution in [0.2, 0.25) is 0 Å². The van der Waals surface area contributed by atoms with Gasteiger partial charge in [-0.15, -0.1) is 0 Å². The number of amides is 1. The van der Waals surface area contributed by atoms with Crippen LogP contribution in [-0.4, -0.2) is 40.3 Å².